The Morgan fingerprint density at radius 3 is 2.45 bits per heavy atom. The molecule has 1 unspecified atom stereocenters. The predicted octanol–water partition coefficient (Wildman–Crippen LogP) is 7.27. The van der Waals surface area contributed by atoms with Gasteiger partial charge in [-0.05, 0) is 42.4 Å². The van der Waals surface area contributed by atoms with Crippen molar-refractivity contribution >= 4 is 34.8 Å². The molecule has 1 atom stereocenters. The molecule has 0 aliphatic heterocycles. The lowest BCUT2D eigenvalue weighted by Crippen LogP contribution is -2.18. The first-order valence-electron chi connectivity index (χ1n) is 7.70. The molecule has 0 amide bonds. The van der Waals surface area contributed by atoms with E-state index in [4.69, 9.17) is 34.8 Å². The number of hydrogen-bond acceptors (Lipinski definition) is 0. The van der Waals surface area contributed by atoms with Crippen molar-refractivity contribution in [1.29, 1.82) is 0 Å². The Bertz CT molecular complexity index is 422. The van der Waals surface area contributed by atoms with Gasteiger partial charge < -0.3 is 0 Å². The fourth-order valence-electron chi connectivity index (χ4n) is 3.24. The quantitative estimate of drug-likeness (QED) is 0.497. The Balaban J connectivity index is 1.92. The van der Waals surface area contributed by atoms with Crippen molar-refractivity contribution in [2.45, 2.75) is 57.2 Å². The molecule has 1 saturated carbocycles. The molecule has 1 aliphatic carbocycles. The lowest BCUT2D eigenvalue weighted by Gasteiger charge is -2.31. The molecule has 0 spiro atoms. The van der Waals surface area contributed by atoms with E-state index in [9.17, 15) is 0 Å². The summed E-state index contributed by atoms with van der Waals surface area (Å²) in [6.45, 7) is 2.27. The number of rotatable bonds is 5. The third kappa shape index (κ3) is 4.29. The SMILES string of the molecule is CCCCC1CCC(C(Cl)c2ccc(Cl)cc2Cl)CC1. The fourth-order valence-corrected chi connectivity index (χ4v) is 4.27. The molecule has 3 heteroatoms. The fraction of sp³-hybridized carbons (Fsp3) is 0.647. The molecule has 0 aromatic heterocycles. The first-order chi connectivity index (χ1) is 9.61. The van der Waals surface area contributed by atoms with Gasteiger partial charge in [0.1, 0.15) is 0 Å². The molecule has 1 fully saturated rings. The Morgan fingerprint density at radius 2 is 1.85 bits per heavy atom. The average molecular weight is 334 g/mol. The smallest absolute Gasteiger partial charge is 0.0628 e. The first kappa shape index (κ1) is 16.5. The van der Waals surface area contributed by atoms with Crippen LogP contribution in [0.1, 0.15) is 62.8 Å². The molecule has 1 aromatic rings. The largest absolute Gasteiger partial charge is 0.117 e. The van der Waals surface area contributed by atoms with E-state index in [1.807, 2.05) is 12.1 Å². The van der Waals surface area contributed by atoms with Crippen LogP contribution in [0.25, 0.3) is 0 Å². The number of unbranched alkanes of at least 4 members (excludes halogenated alkanes) is 1. The molecule has 0 radical (unpaired) electrons. The summed E-state index contributed by atoms with van der Waals surface area (Å²) in [6.07, 6.45) is 9.14. The van der Waals surface area contributed by atoms with Gasteiger partial charge in [-0.25, -0.2) is 0 Å². The van der Waals surface area contributed by atoms with Crippen LogP contribution >= 0.6 is 34.8 Å². The second kappa shape index (κ2) is 7.92. The van der Waals surface area contributed by atoms with E-state index in [-0.39, 0.29) is 5.38 Å². The third-order valence-corrected chi connectivity index (χ3v) is 5.68. The summed E-state index contributed by atoms with van der Waals surface area (Å²) < 4.78 is 0. The molecular formula is C17H23Cl3. The molecule has 2 rings (SSSR count). The summed E-state index contributed by atoms with van der Waals surface area (Å²) in [6, 6.07) is 5.65. The van der Waals surface area contributed by atoms with Crippen molar-refractivity contribution in [3.8, 4) is 0 Å². The lowest BCUT2D eigenvalue weighted by molar-refractivity contribution is 0.254. The summed E-state index contributed by atoms with van der Waals surface area (Å²) in [5, 5.41) is 1.39. The average Bonchev–Trinajstić information content (AvgIpc) is 2.45. The molecule has 0 heterocycles. The van der Waals surface area contributed by atoms with Crippen LogP contribution in [0, 0.1) is 11.8 Å². The minimum Gasteiger partial charge on any atom is -0.117 e. The van der Waals surface area contributed by atoms with Crippen molar-refractivity contribution < 1.29 is 0 Å². The molecule has 20 heavy (non-hydrogen) atoms. The van der Waals surface area contributed by atoms with E-state index in [0.29, 0.717) is 16.0 Å². The maximum absolute atomic E-state index is 6.67. The van der Waals surface area contributed by atoms with Crippen molar-refractivity contribution in [2.75, 3.05) is 0 Å². The van der Waals surface area contributed by atoms with Crippen LogP contribution in [0.4, 0.5) is 0 Å². The Kier molecular flexibility index (Phi) is 6.52. The van der Waals surface area contributed by atoms with Crippen molar-refractivity contribution in [1.82, 2.24) is 0 Å². The molecule has 112 valence electrons. The van der Waals surface area contributed by atoms with Gasteiger partial charge in [-0.15, -0.1) is 11.6 Å². The topological polar surface area (TPSA) is 0 Å². The summed E-state index contributed by atoms with van der Waals surface area (Å²) in [5.74, 6) is 1.46. The van der Waals surface area contributed by atoms with Crippen LogP contribution in [-0.2, 0) is 0 Å². The van der Waals surface area contributed by atoms with E-state index >= 15 is 0 Å². The maximum atomic E-state index is 6.67. The van der Waals surface area contributed by atoms with E-state index < -0.39 is 0 Å². The molecule has 1 aromatic carbocycles. The molecule has 0 saturated heterocycles. The number of hydrogen-bond donors (Lipinski definition) is 0. The second-order valence-corrected chi connectivity index (χ2v) is 7.30. The Labute approximate surface area is 137 Å². The van der Waals surface area contributed by atoms with Crippen molar-refractivity contribution in [3.05, 3.63) is 33.8 Å². The van der Waals surface area contributed by atoms with Crippen molar-refractivity contribution in [3.63, 3.8) is 0 Å². The van der Waals surface area contributed by atoms with Gasteiger partial charge in [-0.1, -0.05) is 68.3 Å². The number of benzene rings is 1. The monoisotopic (exact) mass is 332 g/mol. The van der Waals surface area contributed by atoms with E-state index in [2.05, 4.69) is 6.92 Å². The van der Waals surface area contributed by atoms with Crippen LogP contribution in [-0.4, -0.2) is 0 Å². The zero-order chi connectivity index (χ0) is 14.5. The summed E-state index contributed by atoms with van der Waals surface area (Å²) in [7, 11) is 0. The van der Waals surface area contributed by atoms with Gasteiger partial charge in [0.25, 0.3) is 0 Å². The summed E-state index contributed by atoms with van der Waals surface area (Å²) >= 11 is 18.9. The van der Waals surface area contributed by atoms with Crippen LogP contribution in [0.3, 0.4) is 0 Å². The van der Waals surface area contributed by atoms with Gasteiger partial charge in [-0.3, -0.25) is 0 Å². The van der Waals surface area contributed by atoms with Crippen LogP contribution < -0.4 is 0 Å². The molecule has 0 N–H and O–H groups in total. The highest BCUT2D eigenvalue weighted by Gasteiger charge is 2.28. The Morgan fingerprint density at radius 1 is 1.15 bits per heavy atom. The van der Waals surface area contributed by atoms with E-state index in [0.717, 1.165) is 11.5 Å². The van der Waals surface area contributed by atoms with E-state index in [1.165, 1.54) is 44.9 Å². The number of halogens is 3. The second-order valence-electron chi connectivity index (χ2n) is 5.99. The van der Waals surface area contributed by atoms with Crippen LogP contribution in [0.5, 0.6) is 0 Å². The van der Waals surface area contributed by atoms with Crippen molar-refractivity contribution in [2.24, 2.45) is 11.8 Å². The Hall–Kier alpha value is 0.0900. The van der Waals surface area contributed by atoms with E-state index in [1.54, 1.807) is 6.07 Å². The zero-order valence-corrected chi connectivity index (χ0v) is 14.3. The highest BCUT2D eigenvalue weighted by atomic mass is 35.5. The predicted molar refractivity (Wildman–Crippen MR) is 90.0 cm³/mol. The minimum absolute atomic E-state index is 0.0203. The van der Waals surface area contributed by atoms with Crippen LogP contribution in [0.15, 0.2) is 18.2 Å². The zero-order valence-electron chi connectivity index (χ0n) is 12.0. The maximum Gasteiger partial charge on any atom is 0.0628 e. The summed E-state index contributed by atoms with van der Waals surface area (Å²) in [5.41, 5.74) is 1.04. The molecule has 1 aliphatic rings. The standard InChI is InChI=1S/C17H23Cl3/c1-2-3-4-12-5-7-13(8-6-12)17(20)15-10-9-14(18)11-16(15)19/h9-13,17H,2-8H2,1H3. The van der Waals surface area contributed by atoms with Gasteiger partial charge in [0, 0.05) is 10.0 Å². The highest BCUT2D eigenvalue weighted by molar-refractivity contribution is 6.35. The first-order valence-corrected chi connectivity index (χ1v) is 8.90. The van der Waals surface area contributed by atoms with Gasteiger partial charge in [0.05, 0.1) is 5.38 Å². The van der Waals surface area contributed by atoms with Gasteiger partial charge in [-0.2, -0.15) is 0 Å². The molecule has 0 bridgehead atoms. The van der Waals surface area contributed by atoms with Crippen LogP contribution in [0.2, 0.25) is 10.0 Å². The summed E-state index contributed by atoms with van der Waals surface area (Å²) in [4.78, 5) is 0. The normalized spacial score (nSPS) is 24.6. The highest BCUT2D eigenvalue weighted by Crippen LogP contribution is 2.43. The molecule has 0 nitrogen and oxygen atoms in total. The minimum atomic E-state index is 0.0203. The van der Waals surface area contributed by atoms with Gasteiger partial charge in [0.2, 0.25) is 0 Å². The lowest BCUT2D eigenvalue weighted by atomic mass is 9.77. The number of alkyl halides is 1. The van der Waals surface area contributed by atoms with Gasteiger partial charge >= 0.3 is 0 Å². The van der Waals surface area contributed by atoms with Gasteiger partial charge in [0.15, 0.2) is 0 Å². The molecular weight excluding hydrogens is 311 g/mol. The third-order valence-electron chi connectivity index (χ3n) is 4.53.